The lowest BCUT2D eigenvalue weighted by atomic mass is 9.82. The molecule has 5 heteroatoms. The Morgan fingerprint density at radius 2 is 2.00 bits per heavy atom. The summed E-state index contributed by atoms with van der Waals surface area (Å²) in [5.74, 6) is 0.0573. The van der Waals surface area contributed by atoms with Crippen LogP contribution >= 0.6 is 23.2 Å². The van der Waals surface area contributed by atoms with Crippen LogP contribution in [-0.2, 0) is 4.74 Å². The molecule has 1 aliphatic rings. The second-order valence-electron chi connectivity index (χ2n) is 4.95. The lowest BCUT2D eigenvalue weighted by Gasteiger charge is -2.32. The number of aliphatic hydroxyl groups excluding tert-OH is 1. The third-order valence-electron chi connectivity index (χ3n) is 3.78. The first kappa shape index (κ1) is 15.1. The van der Waals surface area contributed by atoms with E-state index in [4.69, 9.17) is 33.7 Å². The average Bonchev–Trinajstić information content (AvgIpc) is 2.42. The first-order valence-electron chi connectivity index (χ1n) is 6.54. The minimum atomic E-state index is -0.493. The van der Waals surface area contributed by atoms with Gasteiger partial charge in [-0.05, 0) is 36.5 Å². The number of nitrogens with two attached hydrogens (primary N) is 1. The molecule has 1 aromatic carbocycles. The van der Waals surface area contributed by atoms with Gasteiger partial charge in [-0.1, -0.05) is 29.3 Å². The van der Waals surface area contributed by atoms with E-state index in [2.05, 4.69) is 0 Å². The zero-order valence-electron chi connectivity index (χ0n) is 10.7. The highest BCUT2D eigenvalue weighted by Gasteiger charge is 2.30. The second kappa shape index (κ2) is 6.91. The van der Waals surface area contributed by atoms with Crippen LogP contribution in [0.1, 0.15) is 24.3 Å². The number of ether oxygens (including phenoxy) is 1. The molecule has 0 bridgehead atoms. The maximum atomic E-state index is 10.6. The number of rotatable bonds is 4. The second-order valence-corrected chi connectivity index (χ2v) is 5.79. The smallest absolute Gasteiger partial charge is 0.0651 e. The molecule has 1 aromatic rings. The third kappa shape index (κ3) is 3.61. The van der Waals surface area contributed by atoms with Gasteiger partial charge in [0.15, 0.2) is 0 Å². The van der Waals surface area contributed by atoms with Crippen molar-refractivity contribution in [2.45, 2.75) is 24.9 Å². The molecule has 0 aromatic heterocycles. The van der Waals surface area contributed by atoms with Gasteiger partial charge < -0.3 is 15.6 Å². The summed E-state index contributed by atoms with van der Waals surface area (Å²) in [6.07, 6.45) is 1.23. The van der Waals surface area contributed by atoms with Crippen LogP contribution in [0, 0.1) is 5.92 Å². The lowest BCUT2D eigenvalue weighted by Crippen LogP contribution is -2.35. The predicted octanol–water partition coefficient (Wildman–Crippen LogP) is 2.82. The lowest BCUT2D eigenvalue weighted by molar-refractivity contribution is -0.00193. The van der Waals surface area contributed by atoms with Crippen LogP contribution in [0.25, 0.3) is 0 Å². The fraction of sp³-hybridized carbons (Fsp3) is 0.571. The molecule has 3 nitrogen and oxygen atoms in total. The van der Waals surface area contributed by atoms with Gasteiger partial charge in [0.1, 0.15) is 0 Å². The molecule has 0 saturated carbocycles. The zero-order valence-corrected chi connectivity index (χ0v) is 12.2. The molecule has 2 unspecified atom stereocenters. The fourth-order valence-electron chi connectivity index (χ4n) is 2.64. The van der Waals surface area contributed by atoms with Gasteiger partial charge in [0, 0.05) is 35.7 Å². The van der Waals surface area contributed by atoms with Gasteiger partial charge in [0.05, 0.1) is 6.10 Å². The van der Waals surface area contributed by atoms with E-state index in [0.717, 1.165) is 18.4 Å². The Balaban J connectivity index is 2.18. The van der Waals surface area contributed by atoms with E-state index in [1.165, 1.54) is 0 Å². The van der Waals surface area contributed by atoms with Crippen molar-refractivity contribution in [3.63, 3.8) is 0 Å². The van der Waals surface area contributed by atoms with Crippen molar-refractivity contribution in [1.82, 2.24) is 0 Å². The van der Waals surface area contributed by atoms with E-state index in [0.29, 0.717) is 29.8 Å². The Kier molecular flexibility index (Phi) is 5.48. The predicted molar refractivity (Wildman–Crippen MR) is 77.8 cm³/mol. The molecule has 1 fully saturated rings. The third-order valence-corrected chi connectivity index (χ3v) is 4.34. The maximum absolute atomic E-state index is 10.6. The highest BCUT2D eigenvalue weighted by molar-refractivity contribution is 6.35. The number of aliphatic hydroxyl groups is 1. The Labute approximate surface area is 123 Å². The molecule has 2 rings (SSSR count). The van der Waals surface area contributed by atoms with E-state index in [-0.39, 0.29) is 11.8 Å². The molecule has 19 heavy (non-hydrogen) atoms. The molecule has 1 aliphatic heterocycles. The molecule has 1 saturated heterocycles. The SMILES string of the molecule is NCC(c1ccc(Cl)cc1Cl)C(O)C1CCOCC1. The Morgan fingerprint density at radius 1 is 1.32 bits per heavy atom. The maximum Gasteiger partial charge on any atom is 0.0651 e. The van der Waals surface area contributed by atoms with E-state index >= 15 is 0 Å². The van der Waals surface area contributed by atoms with E-state index in [9.17, 15) is 5.11 Å². The minimum Gasteiger partial charge on any atom is -0.392 e. The normalized spacial score (nSPS) is 20.2. The topological polar surface area (TPSA) is 55.5 Å². The van der Waals surface area contributed by atoms with Crippen LogP contribution in [0.15, 0.2) is 18.2 Å². The number of halogens is 2. The van der Waals surface area contributed by atoms with E-state index in [1.807, 2.05) is 6.07 Å². The van der Waals surface area contributed by atoms with Crippen molar-refractivity contribution >= 4 is 23.2 Å². The summed E-state index contributed by atoms with van der Waals surface area (Å²) in [6.45, 7) is 1.76. The molecule has 0 spiro atoms. The standard InChI is InChI=1S/C14H19Cl2NO2/c15-10-1-2-11(13(16)7-10)12(8-17)14(18)9-3-5-19-6-4-9/h1-2,7,9,12,14,18H,3-6,8,17H2. The summed E-state index contributed by atoms with van der Waals surface area (Å²) in [5, 5.41) is 11.7. The van der Waals surface area contributed by atoms with Crippen LogP contribution in [0.2, 0.25) is 10.0 Å². The van der Waals surface area contributed by atoms with E-state index < -0.39 is 6.10 Å². The molecule has 0 amide bonds. The van der Waals surface area contributed by atoms with Gasteiger partial charge in [0.2, 0.25) is 0 Å². The highest BCUT2D eigenvalue weighted by atomic mass is 35.5. The van der Waals surface area contributed by atoms with Gasteiger partial charge in [-0.2, -0.15) is 0 Å². The summed E-state index contributed by atoms with van der Waals surface area (Å²) >= 11 is 12.1. The monoisotopic (exact) mass is 303 g/mol. The van der Waals surface area contributed by atoms with Gasteiger partial charge in [0.25, 0.3) is 0 Å². The summed E-state index contributed by atoms with van der Waals surface area (Å²) in [5.41, 5.74) is 6.70. The van der Waals surface area contributed by atoms with Crippen molar-refractivity contribution in [3.05, 3.63) is 33.8 Å². The highest BCUT2D eigenvalue weighted by Crippen LogP contribution is 2.34. The van der Waals surface area contributed by atoms with Gasteiger partial charge >= 0.3 is 0 Å². The first-order chi connectivity index (χ1) is 9.13. The van der Waals surface area contributed by atoms with Gasteiger partial charge in [-0.15, -0.1) is 0 Å². The van der Waals surface area contributed by atoms with Crippen molar-refractivity contribution in [2.75, 3.05) is 19.8 Å². The fourth-order valence-corrected chi connectivity index (χ4v) is 3.19. The quantitative estimate of drug-likeness (QED) is 0.899. The Hall–Kier alpha value is -0.320. The Bertz CT molecular complexity index is 422. The number of benzene rings is 1. The van der Waals surface area contributed by atoms with Crippen LogP contribution in [0.4, 0.5) is 0 Å². The van der Waals surface area contributed by atoms with Crippen molar-refractivity contribution in [1.29, 1.82) is 0 Å². The number of hydrogen-bond donors (Lipinski definition) is 2. The molecular formula is C14H19Cl2NO2. The largest absolute Gasteiger partial charge is 0.392 e. The summed E-state index contributed by atoms with van der Waals surface area (Å²) in [7, 11) is 0. The van der Waals surface area contributed by atoms with Crippen LogP contribution in [0.3, 0.4) is 0 Å². The zero-order chi connectivity index (χ0) is 13.8. The first-order valence-corrected chi connectivity index (χ1v) is 7.30. The number of hydrogen-bond acceptors (Lipinski definition) is 3. The molecule has 3 N–H and O–H groups in total. The summed E-state index contributed by atoms with van der Waals surface area (Å²) < 4.78 is 5.32. The van der Waals surface area contributed by atoms with Gasteiger partial charge in [-0.25, -0.2) is 0 Å². The van der Waals surface area contributed by atoms with Crippen molar-refractivity contribution in [2.24, 2.45) is 11.7 Å². The average molecular weight is 304 g/mol. The summed E-state index contributed by atoms with van der Waals surface area (Å²) in [4.78, 5) is 0. The molecule has 2 atom stereocenters. The van der Waals surface area contributed by atoms with Crippen LogP contribution < -0.4 is 5.73 Å². The van der Waals surface area contributed by atoms with Crippen molar-refractivity contribution < 1.29 is 9.84 Å². The molecular weight excluding hydrogens is 285 g/mol. The van der Waals surface area contributed by atoms with Gasteiger partial charge in [-0.3, -0.25) is 0 Å². The van der Waals surface area contributed by atoms with E-state index in [1.54, 1.807) is 12.1 Å². The Morgan fingerprint density at radius 3 is 2.58 bits per heavy atom. The molecule has 0 radical (unpaired) electrons. The van der Waals surface area contributed by atoms with Crippen LogP contribution in [0.5, 0.6) is 0 Å². The molecule has 106 valence electrons. The minimum absolute atomic E-state index is 0.159. The molecule has 0 aliphatic carbocycles. The van der Waals surface area contributed by atoms with Crippen LogP contribution in [-0.4, -0.2) is 31.0 Å². The molecule has 1 heterocycles. The summed E-state index contributed by atoms with van der Waals surface area (Å²) in [6, 6.07) is 5.32. The van der Waals surface area contributed by atoms with Crippen molar-refractivity contribution in [3.8, 4) is 0 Å².